The summed E-state index contributed by atoms with van der Waals surface area (Å²) in [5.41, 5.74) is 6.61. The van der Waals surface area contributed by atoms with Gasteiger partial charge in [0.15, 0.2) is 9.84 Å². The van der Waals surface area contributed by atoms with Gasteiger partial charge in [-0.05, 0) is 31.4 Å². The zero-order valence-corrected chi connectivity index (χ0v) is 12.8. The molecular formula is C14H20N2O4S. The molecule has 0 aromatic heterocycles. The van der Waals surface area contributed by atoms with E-state index < -0.39 is 9.84 Å². The van der Waals surface area contributed by atoms with E-state index in [1.54, 1.807) is 18.2 Å². The number of amides is 1. The summed E-state index contributed by atoms with van der Waals surface area (Å²) in [7, 11) is -2.92. The minimum Gasteiger partial charge on any atom is -0.494 e. The van der Waals surface area contributed by atoms with Gasteiger partial charge in [-0.15, -0.1) is 0 Å². The minimum absolute atomic E-state index is 0.00799. The maximum absolute atomic E-state index is 12.1. The van der Waals surface area contributed by atoms with Gasteiger partial charge in [0, 0.05) is 23.9 Å². The summed E-state index contributed by atoms with van der Waals surface area (Å²) < 4.78 is 28.1. The van der Waals surface area contributed by atoms with Gasteiger partial charge in [0.05, 0.1) is 18.1 Å². The average molecular weight is 312 g/mol. The molecular weight excluding hydrogens is 292 g/mol. The minimum atomic E-state index is -2.92. The molecule has 1 fully saturated rings. The lowest BCUT2D eigenvalue weighted by molar-refractivity contribution is 0.0948. The van der Waals surface area contributed by atoms with Crippen LogP contribution in [0.15, 0.2) is 18.2 Å². The van der Waals surface area contributed by atoms with Crippen molar-refractivity contribution in [2.75, 3.05) is 30.4 Å². The van der Waals surface area contributed by atoms with Crippen molar-refractivity contribution >= 4 is 21.4 Å². The van der Waals surface area contributed by atoms with Gasteiger partial charge in [-0.1, -0.05) is 0 Å². The van der Waals surface area contributed by atoms with Crippen LogP contribution < -0.4 is 15.8 Å². The number of ether oxygens (including phenoxy) is 1. The van der Waals surface area contributed by atoms with Gasteiger partial charge in [0.25, 0.3) is 5.91 Å². The molecule has 1 saturated heterocycles. The first kappa shape index (κ1) is 15.6. The molecule has 21 heavy (non-hydrogen) atoms. The zero-order chi connectivity index (χ0) is 15.5. The van der Waals surface area contributed by atoms with Crippen molar-refractivity contribution in [3.8, 4) is 5.75 Å². The van der Waals surface area contributed by atoms with Gasteiger partial charge < -0.3 is 15.8 Å². The number of anilines is 1. The summed E-state index contributed by atoms with van der Waals surface area (Å²) in [4.78, 5) is 12.1. The Hall–Kier alpha value is -1.76. The number of nitrogens with one attached hydrogen (secondary N) is 1. The standard InChI is InChI=1S/C14H20N2O4S/c1-2-20-13-6-11(5-12(15)7-13)14(17)16-8-10-3-4-21(18,19)9-10/h5-7,10H,2-4,8-9,15H2,1H3,(H,16,17). The van der Waals surface area contributed by atoms with Crippen LogP contribution in [0.4, 0.5) is 5.69 Å². The van der Waals surface area contributed by atoms with Gasteiger partial charge in [-0.3, -0.25) is 4.79 Å². The monoisotopic (exact) mass is 312 g/mol. The Labute approximate surface area is 124 Å². The van der Waals surface area contributed by atoms with Crippen LogP contribution in [-0.4, -0.2) is 39.0 Å². The number of carbonyl (C=O) groups excluding carboxylic acids is 1. The van der Waals surface area contributed by atoms with Crippen LogP contribution in [-0.2, 0) is 9.84 Å². The molecule has 1 aromatic rings. The van der Waals surface area contributed by atoms with Crippen LogP contribution in [0.25, 0.3) is 0 Å². The predicted octanol–water partition coefficient (Wildman–Crippen LogP) is 0.832. The van der Waals surface area contributed by atoms with Crippen LogP contribution in [0.2, 0.25) is 0 Å². The maximum atomic E-state index is 12.1. The lowest BCUT2D eigenvalue weighted by atomic mass is 10.1. The van der Waals surface area contributed by atoms with E-state index in [1.165, 1.54) is 0 Å². The molecule has 0 spiro atoms. The van der Waals surface area contributed by atoms with Crippen molar-refractivity contribution in [1.82, 2.24) is 5.32 Å². The Morgan fingerprint density at radius 2 is 2.19 bits per heavy atom. The van der Waals surface area contributed by atoms with E-state index in [1.807, 2.05) is 6.92 Å². The van der Waals surface area contributed by atoms with Gasteiger partial charge >= 0.3 is 0 Å². The summed E-state index contributed by atoms with van der Waals surface area (Å²) in [6.45, 7) is 2.70. The predicted molar refractivity (Wildman–Crippen MR) is 81.1 cm³/mol. The smallest absolute Gasteiger partial charge is 0.251 e. The second-order valence-electron chi connectivity index (χ2n) is 5.20. The van der Waals surface area contributed by atoms with Crippen LogP contribution in [0.5, 0.6) is 5.75 Å². The molecule has 7 heteroatoms. The average Bonchev–Trinajstić information content (AvgIpc) is 2.75. The second kappa shape index (κ2) is 6.34. The first-order valence-electron chi connectivity index (χ1n) is 6.91. The van der Waals surface area contributed by atoms with Crippen LogP contribution in [0.3, 0.4) is 0 Å². The summed E-state index contributed by atoms with van der Waals surface area (Å²) in [6, 6.07) is 4.85. The molecule has 1 aliphatic heterocycles. The van der Waals surface area contributed by atoms with E-state index in [4.69, 9.17) is 10.5 Å². The number of hydrogen-bond donors (Lipinski definition) is 2. The number of rotatable bonds is 5. The molecule has 0 saturated carbocycles. The zero-order valence-electron chi connectivity index (χ0n) is 12.0. The summed E-state index contributed by atoms with van der Waals surface area (Å²) >= 11 is 0. The second-order valence-corrected chi connectivity index (χ2v) is 7.43. The van der Waals surface area contributed by atoms with E-state index >= 15 is 0 Å². The van der Waals surface area contributed by atoms with Gasteiger partial charge in [-0.25, -0.2) is 8.42 Å². The maximum Gasteiger partial charge on any atom is 0.251 e. The molecule has 3 N–H and O–H groups in total. The molecule has 0 bridgehead atoms. The lowest BCUT2D eigenvalue weighted by Crippen LogP contribution is -2.29. The number of hydrogen-bond acceptors (Lipinski definition) is 5. The third-order valence-corrected chi connectivity index (χ3v) is 5.22. The Morgan fingerprint density at radius 1 is 1.43 bits per heavy atom. The highest BCUT2D eigenvalue weighted by Gasteiger charge is 2.28. The fourth-order valence-corrected chi connectivity index (χ4v) is 4.24. The third kappa shape index (κ3) is 4.35. The molecule has 0 radical (unpaired) electrons. The molecule has 1 amide bonds. The quantitative estimate of drug-likeness (QED) is 0.785. The van der Waals surface area contributed by atoms with E-state index in [2.05, 4.69) is 5.32 Å². The Bertz CT molecular complexity index is 628. The Kier molecular flexibility index (Phi) is 4.72. The largest absolute Gasteiger partial charge is 0.494 e. The molecule has 116 valence electrons. The fourth-order valence-electron chi connectivity index (χ4n) is 2.38. The fraction of sp³-hybridized carbons (Fsp3) is 0.500. The summed E-state index contributed by atoms with van der Waals surface area (Å²) in [6.07, 6.45) is 0.601. The van der Waals surface area contributed by atoms with E-state index in [-0.39, 0.29) is 23.3 Å². The van der Waals surface area contributed by atoms with Crippen molar-refractivity contribution in [3.63, 3.8) is 0 Å². The highest BCUT2D eigenvalue weighted by Crippen LogP contribution is 2.20. The van der Waals surface area contributed by atoms with Crippen molar-refractivity contribution in [2.24, 2.45) is 5.92 Å². The van der Waals surface area contributed by atoms with Crippen molar-refractivity contribution < 1.29 is 17.9 Å². The van der Waals surface area contributed by atoms with Gasteiger partial charge in [-0.2, -0.15) is 0 Å². The normalized spacial score (nSPS) is 20.1. The van der Waals surface area contributed by atoms with Crippen molar-refractivity contribution in [1.29, 1.82) is 0 Å². The summed E-state index contributed by atoms with van der Waals surface area (Å²) in [5.74, 6) is 0.624. The Morgan fingerprint density at radius 3 is 2.81 bits per heavy atom. The van der Waals surface area contributed by atoms with E-state index in [0.717, 1.165) is 0 Å². The Balaban J connectivity index is 1.97. The number of sulfone groups is 1. The van der Waals surface area contributed by atoms with Gasteiger partial charge in [0.1, 0.15) is 5.75 Å². The molecule has 1 atom stereocenters. The molecule has 1 unspecified atom stereocenters. The third-order valence-electron chi connectivity index (χ3n) is 3.38. The van der Waals surface area contributed by atoms with Crippen LogP contribution in [0, 0.1) is 5.92 Å². The highest BCUT2D eigenvalue weighted by atomic mass is 32.2. The molecule has 1 aromatic carbocycles. The highest BCUT2D eigenvalue weighted by molar-refractivity contribution is 7.91. The molecule has 2 rings (SSSR count). The molecule has 0 aliphatic carbocycles. The van der Waals surface area contributed by atoms with Crippen molar-refractivity contribution in [3.05, 3.63) is 23.8 Å². The first-order valence-corrected chi connectivity index (χ1v) is 8.74. The number of benzene rings is 1. The topological polar surface area (TPSA) is 98.5 Å². The van der Waals surface area contributed by atoms with E-state index in [9.17, 15) is 13.2 Å². The number of carbonyl (C=O) groups is 1. The molecule has 6 nitrogen and oxygen atoms in total. The molecule has 1 heterocycles. The van der Waals surface area contributed by atoms with E-state index in [0.29, 0.717) is 36.6 Å². The number of nitrogen functional groups attached to an aromatic ring is 1. The number of nitrogens with two attached hydrogens (primary N) is 1. The first-order chi connectivity index (χ1) is 9.89. The van der Waals surface area contributed by atoms with Crippen molar-refractivity contribution in [2.45, 2.75) is 13.3 Å². The summed E-state index contributed by atoms with van der Waals surface area (Å²) in [5, 5.41) is 2.76. The van der Waals surface area contributed by atoms with Crippen LogP contribution >= 0.6 is 0 Å². The lowest BCUT2D eigenvalue weighted by Gasteiger charge is -2.11. The molecule has 1 aliphatic rings. The SMILES string of the molecule is CCOc1cc(N)cc(C(=O)NCC2CCS(=O)(=O)C2)c1. The van der Waals surface area contributed by atoms with Gasteiger partial charge in [0.2, 0.25) is 0 Å². The van der Waals surface area contributed by atoms with Crippen LogP contribution in [0.1, 0.15) is 23.7 Å².